The Morgan fingerprint density at radius 2 is 2.29 bits per heavy atom. The standard InChI is InChI=1S/C12H13BrClN3/c13-10-2-1-9(7-11(10)14)8-15-4-3-12-16-5-6-17-12/h1-2,5-7,15H,3-4,8H2,(H,16,17). The second-order valence-corrected chi connectivity index (χ2v) is 4.97. The lowest BCUT2D eigenvalue weighted by atomic mass is 10.2. The monoisotopic (exact) mass is 313 g/mol. The van der Waals surface area contributed by atoms with E-state index in [2.05, 4.69) is 37.3 Å². The highest BCUT2D eigenvalue weighted by Crippen LogP contribution is 2.22. The van der Waals surface area contributed by atoms with Gasteiger partial charge in [-0.2, -0.15) is 0 Å². The summed E-state index contributed by atoms with van der Waals surface area (Å²) in [6.45, 7) is 1.70. The van der Waals surface area contributed by atoms with Gasteiger partial charge in [0.25, 0.3) is 0 Å². The van der Waals surface area contributed by atoms with E-state index >= 15 is 0 Å². The molecule has 2 aromatic rings. The first kappa shape index (κ1) is 12.6. The van der Waals surface area contributed by atoms with Crippen molar-refractivity contribution in [2.75, 3.05) is 6.54 Å². The van der Waals surface area contributed by atoms with Crippen molar-refractivity contribution in [3.8, 4) is 0 Å². The Morgan fingerprint density at radius 3 is 3.00 bits per heavy atom. The summed E-state index contributed by atoms with van der Waals surface area (Å²) in [4.78, 5) is 7.24. The van der Waals surface area contributed by atoms with Crippen LogP contribution in [0.15, 0.2) is 35.1 Å². The molecule has 2 rings (SSSR count). The molecule has 0 aliphatic rings. The average Bonchev–Trinajstić information content (AvgIpc) is 2.82. The van der Waals surface area contributed by atoms with Gasteiger partial charge in [-0.25, -0.2) is 4.98 Å². The van der Waals surface area contributed by atoms with Crippen molar-refractivity contribution in [2.45, 2.75) is 13.0 Å². The number of benzene rings is 1. The van der Waals surface area contributed by atoms with E-state index in [0.717, 1.165) is 34.8 Å². The van der Waals surface area contributed by atoms with E-state index in [1.54, 1.807) is 6.20 Å². The van der Waals surface area contributed by atoms with Crippen molar-refractivity contribution in [1.82, 2.24) is 15.3 Å². The Morgan fingerprint density at radius 1 is 1.41 bits per heavy atom. The maximum atomic E-state index is 6.02. The van der Waals surface area contributed by atoms with Crippen LogP contribution in [0.4, 0.5) is 0 Å². The Labute approximate surface area is 114 Å². The number of imidazole rings is 1. The molecule has 1 aromatic heterocycles. The van der Waals surface area contributed by atoms with Crippen molar-refractivity contribution < 1.29 is 0 Å². The molecule has 1 aromatic carbocycles. The van der Waals surface area contributed by atoms with Gasteiger partial charge in [0.2, 0.25) is 0 Å². The van der Waals surface area contributed by atoms with Crippen molar-refractivity contribution >= 4 is 27.5 Å². The molecule has 1 heterocycles. The molecule has 0 unspecified atom stereocenters. The van der Waals surface area contributed by atoms with Gasteiger partial charge >= 0.3 is 0 Å². The number of H-pyrrole nitrogens is 1. The predicted octanol–water partition coefficient (Wildman–Crippen LogP) is 3.16. The van der Waals surface area contributed by atoms with E-state index in [-0.39, 0.29) is 0 Å². The quantitative estimate of drug-likeness (QED) is 0.832. The first-order valence-corrected chi connectivity index (χ1v) is 6.55. The van der Waals surface area contributed by atoms with E-state index in [1.807, 2.05) is 18.3 Å². The first-order valence-electron chi connectivity index (χ1n) is 5.38. The van der Waals surface area contributed by atoms with Gasteiger partial charge in [0.1, 0.15) is 5.82 Å². The third-order valence-corrected chi connectivity index (χ3v) is 3.64. The number of rotatable bonds is 5. The van der Waals surface area contributed by atoms with Crippen LogP contribution in [-0.2, 0) is 13.0 Å². The van der Waals surface area contributed by atoms with Gasteiger partial charge < -0.3 is 10.3 Å². The fourth-order valence-electron chi connectivity index (χ4n) is 1.52. The fraction of sp³-hybridized carbons (Fsp3) is 0.250. The normalized spacial score (nSPS) is 10.7. The van der Waals surface area contributed by atoms with E-state index < -0.39 is 0 Å². The highest BCUT2D eigenvalue weighted by atomic mass is 79.9. The van der Waals surface area contributed by atoms with Crippen LogP contribution in [0.2, 0.25) is 5.02 Å². The van der Waals surface area contributed by atoms with Crippen LogP contribution in [0.25, 0.3) is 0 Å². The Hall–Kier alpha value is -0.840. The number of nitrogens with one attached hydrogen (secondary N) is 2. The molecule has 0 atom stereocenters. The predicted molar refractivity (Wildman–Crippen MR) is 73.2 cm³/mol. The molecule has 0 saturated heterocycles. The third kappa shape index (κ3) is 3.84. The molecule has 0 amide bonds. The number of nitrogens with zero attached hydrogens (tertiary/aromatic N) is 1. The summed E-state index contributed by atoms with van der Waals surface area (Å²) in [6, 6.07) is 5.98. The maximum absolute atomic E-state index is 6.02. The molecule has 17 heavy (non-hydrogen) atoms. The van der Waals surface area contributed by atoms with Crippen molar-refractivity contribution in [3.63, 3.8) is 0 Å². The van der Waals surface area contributed by atoms with Crippen LogP contribution >= 0.6 is 27.5 Å². The molecule has 5 heteroatoms. The van der Waals surface area contributed by atoms with Crippen LogP contribution in [0, 0.1) is 0 Å². The van der Waals surface area contributed by atoms with Gasteiger partial charge in [-0.05, 0) is 33.6 Å². The lowest BCUT2D eigenvalue weighted by molar-refractivity contribution is 0.674. The van der Waals surface area contributed by atoms with Crippen molar-refractivity contribution in [3.05, 3.63) is 51.5 Å². The number of hydrogen-bond donors (Lipinski definition) is 2. The van der Waals surface area contributed by atoms with Crippen LogP contribution < -0.4 is 5.32 Å². The van der Waals surface area contributed by atoms with Crippen LogP contribution in [0.1, 0.15) is 11.4 Å². The highest BCUT2D eigenvalue weighted by Gasteiger charge is 1.99. The zero-order chi connectivity index (χ0) is 12.1. The van der Waals surface area contributed by atoms with Crippen LogP contribution in [-0.4, -0.2) is 16.5 Å². The maximum Gasteiger partial charge on any atom is 0.107 e. The molecule has 0 spiro atoms. The van der Waals surface area contributed by atoms with E-state index in [9.17, 15) is 0 Å². The van der Waals surface area contributed by atoms with E-state index in [0.29, 0.717) is 0 Å². The molecule has 0 aliphatic heterocycles. The zero-order valence-electron chi connectivity index (χ0n) is 9.21. The minimum atomic E-state index is 0.746. The minimum Gasteiger partial charge on any atom is -0.349 e. The third-order valence-electron chi connectivity index (χ3n) is 2.41. The van der Waals surface area contributed by atoms with Gasteiger partial charge in [0.05, 0.1) is 5.02 Å². The molecule has 0 bridgehead atoms. The summed E-state index contributed by atoms with van der Waals surface area (Å²) < 4.78 is 0.929. The fourth-order valence-corrected chi connectivity index (χ4v) is 1.97. The molecule has 0 saturated carbocycles. The highest BCUT2D eigenvalue weighted by molar-refractivity contribution is 9.10. The van der Waals surface area contributed by atoms with E-state index in [4.69, 9.17) is 11.6 Å². The summed E-state index contributed by atoms with van der Waals surface area (Å²) in [7, 11) is 0. The molecular formula is C12H13BrClN3. The molecule has 0 fully saturated rings. The molecule has 3 nitrogen and oxygen atoms in total. The van der Waals surface area contributed by atoms with E-state index in [1.165, 1.54) is 5.56 Å². The second kappa shape index (κ2) is 6.19. The van der Waals surface area contributed by atoms with Gasteiger partial charge in [0.15, 0.2) is 0 Å². The number of hydrogen-bond acceptors (Lipinski definition) is 2. The van der Waals surface area contributed by atoms with Gasteiger partial charge in [-0.15, -0.1) is 0 Å². The summed E-state index contributed by atoms with van der Waals surface area (Å²) in [5.74, 6) is 1.01. The smallest absolute Gasteiger partial charge is 0.107 e. The molecule has 2 N–H and O–H groups in total. The van der Waals surface area contributed by atoms with Gasteiger partial charge in [0, 0.05) is 36.4 Å². The zero-order valence-corrected chi connectivity index (χ0v) is 11.6. The lowest BCUT2D eigenvalue weighted by Gasteiger charge is -2.05. The Kier molecular flexibility index (Phi) is 4.59. The average molecular weight is 315 g/mol. The lowest BCUT2D eigenvalue weighted by Crippen LogP contribution is -2.17. The van der Waals surface area contributed by atoms with Crippen molar-refractivity contribution in [2.24, 2.45) is 0 Å². The molecule has 90 valence electrons. The molecule has 0 radical (unpaired) electrons. The number of aromatic nitrogens is 2. The van der Waals surface area contributed by atoms with Gasteiger partial charge in [-0.1, -0.05) is 17.7 Å². The number of aromatic amines is 1. The Bertz CT molecular complexity index is 471. The van der Waals surface area contributed by atoms with Crippen molar-refractivity contribution in [1.29, 1.82) is 0 Å². The largest absolute Gasteiger partial charge is 0.349 e. The summed E-state index contributed by atoms with van der Waals surface area (Å²) >= 11 is 9.39. The second-order valence-electron chi connectivity index (χ2n) is 3.71. The van der Waals surface area contributed by atoms with Gasteiger partial charge in [-0.3, -0.25) is 0 Å². The topological polar surface area (TPSA) is 40.7 Å². The Balaban J connectivity index is 1.76. The van der Waals surface area contributed by atoms with Crippen LogP contribution in [0.3, 0.4) is 0 Å². The first-order chi connectivity index (χ1) is 8.25. The van der Waals surface area contributed by atoms with Crippen LogP contribution in [0.5, 0.6) is 0 Å². The SMILES string of the molecule is Clc1cc(CNCCc2ncc[nH]2)ccc1Br. The summed E-state index contributed by atoms with van der Waals surface area (Å²) in [5.41, 5.74) is 1.18. The summed E-state index contributed by atoms with van der Waals surface area (Å²) in [5, 5.41) is 4.10. The number of halogens is 2. The molecule has 0 aliphatic carbocycles. The molecular weight excluding hydrogens is 302 g/mol. The minimum absolute atomic E-state index is 0.746. The summed E-state index contributed by atoms with van der Waals surface area (Å²) in [6.07, 6.45) is 4.50.